The molecule has 0 atom stereocenters. The minimum atomic E-state index is -0.400. The molecule has 1 aliphatic heterocycles. The number of benzene rings is 1. The average molecular weight is 443 g/mol. The van der Waals surface area contributed by atoms with Crippen molar-refractivity contribution in [3.8, 4) is 5.75 Å². The lowest BCUT2D eigenvalue weighted by molar-refractivity contribution is -0.111. The van der Waals surface area contributed by atoms with E-state index in [0.717, 1.165) is 21.8 Å². The Morgan fingerprint density at radius 2 is 1.87 bits per heavy atom. The Morgan fingerprint density at radius 1 is 1.19 bits per heavy atom. The number of esters is 1. The van der Waals surface area contributed by atoms with Gasteiger partial charge < -0.3 is 20.1 Å². The topological polar surface area (TPSA) is 76.7 Å². The second kappa shape index (κ2) is 8.85. The molecule has 3 rings (SSSR count). The summed E-state index contributed by atoms with van der Waals surface area (Å²) in [6, 6.07) is 7.40. The van der Waals surface area contributed by atoms with Crippen molar-refractivity contribution in [1.82, 2.24) is 5.32 Å². The molecule has 2 heterocycles. The number of anilines is 1. The highest BCUT2D eigenvalue weighted by molar-refractivity contribution is 7.17. The third kappa shape index (κ3) is 5.17. The first-order chi connectivity index (χ1) is 14.6. The molecule has 1 aromatic carbocycles. The standard InChI is InChI=1S/C24H30N2O4S/c1-7-30-22(28)19-17-14-23(2,3)26-24(4,5)20(17)31-21(19)25-18(27)13-10-15-8-11-16(29-6)12-9-15/h8-13,26H,7,14H2,1-6H3,(H,25,27). The van der Waals surface area contributed by atoms with Crippen molar-refractivity contribution >= 4 is 34.3 Å². The maximum atomic E-state index is 12.8. The van der Waals surface area contributed by atoms with Gasteiger partial charge in [0, 0.05) is 22.0 Å². The van der Waals surface area contributed by atoms with Crippen LogP contribution in [-0.4, -0.2) is 31.1 Å². The Labute approximate surface area is 187 Å². The highest BCUT2D eigenvalue weighted by Crippen LogP contribution is 2.45. The first kappa shape index (κ1) is 23.0. The zero-order valence-electron chi connectivity index (χ0n) is 18.9. The molecule has 0 spiro atoms. The predicted octanol–water partition coefficient (Wildman–Crippen LogP) is 4.74. The summed E-state index contributed by atoms with van der Waals surface area (Å²) in [5, 5.41) is 7.06. The molecule has 7 heteroatoms. The molecule has 1 aromatic heterocycles. The van der Waals surface area contributed by atoms with Crippen LogP contribution in [0.3, 0.4) is 0 Å². The van der Waals surface area contributed by atoms with Gasteiger partial charge in [-0.25, -0.2) is 4.79 Å². The lowest BCUT2D eigenvalue weighted by Gasteiger charge is -2.42. The van der Waals surface area contributed by atoms with Crippen molar-refractivity contribution in [3.05, 3.63) is 51.9 Å². The first-order valence-electron chi connectivity index (χ1n) is 10.3. The SMILES string of the molecule is CCOC(=O)c1c(NC(=O)C=Cc2ccc(OC)cc2)sc2c1CC(C)(C)NC2(C)C. The van der Waals surface area contributed by atoms with Gasteiger partial charge in [0.15, 0.2) is 0 Å². The maximum absolute atomic E-state index is 12.8. The molecule has 1 amide bonds. The number of carbonyl (C=O) groups is 2. The van der Waals surface area contributed by atoms with Crippen LogP contribution in [0.4, 0.5) is 5.00 Å². The molecule has 2 aromatic rings. The van der Waals surface area contributed by atoms with E-state index in [1.165, 1.54) is 17.4 Å². The van der Waals surface area contributed by atoms with E-state index in [-0.39, 0.29) is 23.6 Å². The van der Waals surface area contributed by atoms with Gasteiger partial charge in [0.1, 0.15) is 10.8 Å². The molecular weight excluding hydrogens is 412 g/mol. The number of ether oxygens (including phenoxy) is 2. The van der Waals surface area contributed by atoms with E-state index in [0.29, 0.717) is 17.0 Å². The number of fused-ring (bicyclic) bond motifs is 1. The molecule has 166 valence electrons. The van der Waals surface area contributed by atoms with E-state index in [2.05, 4.69) is 38.3 Å². The smallest absolute Gasteiger partial charge is 0.341 e. The van der Waals surface area contributed by atoms with Crippen LogP contribution < -0.4 is 15.4 Å². The number of hydrogen-bond donors (Lipinski definition) is 2. The lowest BCUT2D eigenvalue weighted by atomic mass is 9.81. The summed E-state index contributed by atoms with van der Waals surface area (Å²) < 4.78 is 10.5. The predicted molar refractivity (Wildman–Crippen MR) is 125 cm³/mol. The van der Waals surface area contributed by atoms with Crippen molar-refractivity contribution in [1.29, 1.82) is 0 Å². The van der Waals surface area contributed by atoms with E-state index in [1.54, 1.807) is 20.1 Å². The largest absolute Gasteiger partial charge is 0.497 e. The van der Waals surface area contributed by atoms with Gasteiger partial charge in [0.2, 0.25) is 5.91 Å². The Hall–Kier alpha value is -2.64. The van der Waals surface area contributed by atoms with E-state index < -0.39 is 5.97 Å². The molecule has 0 fully saturated rings. The second-order valence-corrected chi connectivity index (χ2v) is 9.76. The number of carbonyl (C=O) groups excluding carboxylic acids is 2. The molecule has 0 unspecified atom stereocenters. The number of nitrogens with one attached hydrogen (secondary N) is 2. The molecule has 0 bridgehead atoms. The van der Waals surface area contributed by atoms with E-state index in [9.17, 15) is 9.59 Å². The summed E-state index contributed by atoms with van der Waals surface area (Å²) in [6.45, 7) is 10.5. The molecule has 1 aliphatic rings. The van der Waals surface area contributed by atoms with Gasteiger partial charge in [-0.05, 0) is 70.4 Å². The van der Waals surface area contributed by atoms with Crippen molar-refractivity contribution < 1.29 is 19.1 Å². The Bertz CT molecular complexity index is 1000. The number of rotatable bonds is 6. The summed E-state index contributed by atoms with van der Waals surface area (Å²) in [4.78, 5) is 26.5. The van der Waals surface area contributed by atoms with E-state index in [4.69, 9.17) is 9.47 Å². The van der Waals surface area contributed by atoms with Crippen LogP contribution in [0.5, 0.6) is 5.75 Å². The highest BCUT2D eigenvalue weighted by atomic mass is 32.1. The molecule has 0 saturated heterocycles. The Balaban J connectivity index is 1.91. The second-order valence-electron chi connectivity index (χ2n) is 8.74. The van der Waals surface area contributed by atoms with E-state index >= 15 is 0 Å². The van der Waals surface area contributed by atoms with Gasteiger partial charge in [-0.3, -0.25) is 4.79 Å². The summed E-state index contributed by atoms with van der Waals surface area (Å²) in [7, 11) is 1.61. The molecular formula is C24H30N2O4S. The fourth-order valence-electron chi connectivity index (χ4n) is 4.08. The zero-order valence-corrected chi connectivity index (χ0v) is 19.7. The number of thiophene rings is 1. The highest BCUT2D eigenvalue weighted by Gasteiger charge is 2.42. The number of hydrogen-bond acceptors (Lipinski definition) is 6. The summed E-state index contributed by atoms with van der Waals surface area (Å²) in [5.41, 5.74) is 1.78. The Morgan fingerprint density at radius 3 is 2.48 bits per heavy atom. The van der Waals surface area contributed by atoms with Gasteiger partial charge >= 0.3 is 5.97 Å². The quantitative estimate of drug-likeness (QED) is 0.499. The van der Waals surface area contributed by atoms with Gasteiger partial charge in [0.05, 0.1) is 19.3 Å². The van der Waals surface area contributed by atoms with Crippen molar-refractivity contribution in [2.24, 2.45) is 0 Å². The van der Waals surface area contributed by atoms with Crippen LogP contribution in [-0.2, 0) is 21.5 Å². The van der Waals surface area contributed by atoms with Crippen LogP contribution in [0.15, 0.2) is 30.3 Å². The number of amides is 1. The monoisotopic (exact) mass is 442 g/mol. The van der Waals surface area contributed by atoms with Gasteiger partial charge in [-0.15, -0.1) is 11.3 Å². The molecule has 0 saturated carbocycles. The maximum Gasteiger partial charge on any atom is 0.341 e. The fraction of sp³-hybridized carbons (Fsp3) is 0.417. The van der Waals surface area contributed by atoms with Crippen molar-refractivity contribution in [3.63, 3.8) is 0 Å². The minimum Gasteiger partial charge on any atom is -0.497 e. The average Bonchev–Trinajstić information content (AvgIpc) is 3.04. The first-order valence-corrected chi connectivity index (χ1v) is 11.1. The third-order valence-corrected chi connectivity index (χ3v) is 6.57. The van der Waals surface area contributed by atoms with E-state index in [1.807, 2.05) is 24.3 Å². The summed E-state index contributed by atoms with van der Waals surface area (Å²) >= 11 is 1.43. The normalized spacial score (nSPS) is 16.6. The van der Waals surface area contributed by atoms with Crippen LogP contribution in [0.2, 0.25) is 0 Å². The van der Waals surface area contributed by atoms with Gasteiger partial charge in [-0.2, -0.15) is 0 Å². The molecule has 6 nitrogen and oxygen atoms in total. The van der Waals surface area contributed by atoms with Gasteiger partial charge in [-0.1, -0.05) is 12.1 Å². The van der Waals surface area contributed by atoms with Crippen LogP contribution in [0, 0.1) is 0 Å². The zero-order chi connectivity index (χ0) is 22.8. The fourth-order valence-corrected chi connectivity index (χ4v) is 5.34. The minimum absolute atomic E-state index is 0.186. The molecule has 31 heavy (non-hydrogen) atoms. The summed E-state index contributed by atoms with van der Waals surface area (Å²) in [6.07, 6.45) is 3.86. The Kier molecular flexibility index (Phi) is 6.57. The number of methoxy groups -OCH3 is 1. The molecule has 2 N–H and O–H groups in total. The lowest BCUT2D eigenvalue weighted by Crippen LogP contribution is -2.55. The van der Waals surface area contributed by atoms with Crippen molar-refractivity contribution in [2.45, 2.75) is 52.1 Å². The van der Waals surface area contributed by atoms with Crippen molar-refractivity contribution in [2.75, 3.05) is 19.0 Å². The van der Waals surface area contributed by atoms with Gasteiger partial charge in [0.25, 0.3) is 0 Å². The van der Waals surface area contributed by atoms with Crippen LogP contribution in [0.25, 0.3) is 6.08 Å². The molecule has 0 aliphatic carbocycles. The third-order valence-electron chi connectivity index (χ3n) is 5.10. The summed E-state index contributed by atoms with van der Waals surface area (Å²) in [5.74, 6) is 0.0527. The van der Waals surface area contributed by atoms with Crippen LogP contribution >= 0.6 is 11.3 Å². The van der Waals surface area contributed by atoms with Crippen LogP contribution in [0.1, 0.15) is 61.0 Å². The molecule has 0 radical (unpaired) electrons.